The molecule has 0 amide bonds. The van der Waals surface area contributed by atoms with Crippen molar-refractivity contribution in [3.05, 3.63) is 78.9 Å². The van der Waals surface area contributed by atoms with E-state index in [4.69, 9.17) is 0 Å². The van der Waals surface area contributed by atoms with Crippen LogP contribution >= 0.6 is 0 Å². The first-order chi connectivity index (χ1) is 8.45. The van der Waals surface area contributed by atoms with Crippen molar-refractivity contribution >= 4 is 3.27 Å². The summed E-state index contributed by atoms with van der Waals surface area (Å²) in [6.45, 7) is 0. The van der Waals surface area contributed by atoms with Crippen molar-refractivity contribution in [1.82, 2.24) is 0 Å². The number of hydrogen-bond acceptors (Lipinski definition) is 0. The molecule has 1 aromatic carbocycles. The molecule has 0 atom stereocenters. The van der Waals surface area contributed by atoms with Crippen LogP contribution in [-0.4, -0.2) is 0 Å². The maximum atomic E-state index is 2.39. The minimum atomic E-state index is -1.70. The van der Waals surface area contributed by atoms with E-state index >= 15 is 0 Å². The summed E-state index contributed by atoms with van der Waals surface area (Å²) >= 11 is -1.70. The molecular formula is C16H15ClZr. The summed E-state index contributed by atoms with van der Waals surface area (Å²) in [6, 6.07) is 11.1. The van der Waals surface area contributed by atoms with Gasteiger partial charge >= 0.3 is 111 Å². The first-order valence-corrected chi connectivity index (χ1v) is 10.1. The standard InChI is InChI=1S/C6H5.2C5H5.ClH.Zr/c1-2-4-6-5-3-1;2*1-2-4-5-3-1;;/h1-5H;2*1-5H;1H;/q;;;;+1/p-1. The summed E-state index contributed by atoms with van der Waals surface area (Å²) < 4.78 is 3.06. The van der Waals surface area contributed by atoms with Crippen molar-refractivity contribution in [2.75, 3.05) is 0 Å². The van der Waals surface area contributed by atoms with Crippen LogP contribution in [0.3, 0.4) is 0 Å². The van der Waals surface area contributed by atoms with Crippen LogP contribution in [0.15, 0.2) is 78.9 Å². The Hall–Kier alpha value is -0.647. The van der Waals surface area contributed by atoms with E-state index in [1.807, 2.05) is 0 Å². The van der Waals surface area contributed by atoms with Crippen molar-refractivity contribution in [3.8, 4) is 0 Å². The van der Waals surface area contributed by atoms with Gasteiger partial charge in [0.2, 0.25) is 0 Å². The Balaban J connectivity index is 0.00000120. The third-order valence-corrected chi connectivity index (χ3v) is 11.2. The molecule has 0 nitrogen and oxygen atoms in total. The Morgan fingerprint density at radius 3 is 1.56 bits per heavy atom. The zero-order valence-electron chi connectivity index (χ0n) is 10.0. The van der Waals surface area contributed by atoms with Gasteiger partial charge in [-0.15, -0.1) is 0 Å². The molecule has 0 aliphatic heterocycles. The van der Waals surface area contributed by atoms with E-state index in [1.54, 1.807) is 3.27 Å². The normalized spacial score (nSPS) is 17.3. The van der Waals surface area contributed by atoms with E-state index < -0.39 is 21.8 Å². The Morgan fingerprint density at radius 2 is 1.11 bits per heavy atom. The molecular weight excluding hydrogens is 319 g/mol. The van der Waals surface area contributed by atoms with Crippen LogP contribution in [0.2, 0.25) is 7.25 Å². The van der Waals surface area contributed by atoms with Crippen LogP contribution in [0.5, 0.6) is 0 Å². The van der Waals surface area contributed by atoms with Gasteiger partial charge in [0, 0.05) is 0 Å². The van der Waals surface area contributed by atoms with Gasteiger partial charge in [0.15, 0.2) is 0 Å². The van der Waals surface area contributed by atoms with E-state index in [0.29, 0.717) is 0 Å². The Bertz CT molecular complexity index is 447. The molecule has 0 heterocycles. The number of allylic oxidation sites excluding steroid dienone is 8. The van der Waals surface area contributed by atoms with Gasteiger partial charge in [-0.2, -0.15) is 0 Å². The van der Waals surface area contributed by atoms with Crippen LogP contribution in [0, 0.1) is 0 Å². The Morgan fingerprint density at radius 1 is 0.667 bits per heavy atom. The summed E-state index contributed by atoms with van der Waals surface area (Å²) in [5, 5.41) is 0. The monoisotopic (exact) mass is 332 g/mol. The van der Waals surface area contributed by atoms with Crippen molar-refractivity contribution in [2.45, 2.75) is 7.25 Å². The molecule has 2 aliphatic rings. The van der Waals surface area contributed by atoms with Gasteiger partial charge in [0.1, 0.15) is 0 Å². The Kier molecular flexibility index (Phi) is 4.97. The maximum Gasteiger partial charge on any atom is -1.00 e. The number of hydrogen-bond donors (Lipinski definition) is 0. The van der Waals surface area contributed by atoms with Crippen LogP contribution < -0.4 is 15.7 Å². The summed E-state index contributed by atoms with van der Waals surface area (Å²) in [5.41, 5.74) is 0. The maximum absolute atomic E-state index is 2.39. The molecule has 2 heteroatoms. The van der Waals surface area contributed by atoms with E-state index in [2.05, 4.69) is 78.9 Å². The Labute approximate surface area is 123 Å². The average molecular weight is 334 g/mol. The van der Waals surface area contributed by atoms with E-state index in [1.165, 1.54) is 0 Å². The molecule has 0 bridgehead atoms. The predicted octanol–water partition coefficient (Wildman–Crippen LogP) is 0.763. The van der Waals surface area contributed by atoms with E-state index in [9.17, 15) is 0 Å². The second-order valence-electron chi connectivity index (χ2n) is 4.41. The number of rotatable bonds is 3. The molecule has 1 aromatic rings. The zero-order valence-corrected chi connectivity index (χ0v) is 13.3. The third-order valence-electron chi connectivity index (χ3n) is 3.32. The number of halogens is 1. The van der Waals surface area contributed by atoms with Gasteiger partial charge in [-0.25, -0.2) is 0 Å². The molecule has 0 N–H and O–H groups in total. The first kappa shape index (κ1) is 13.8. The minimum Gasteiger partial charge on any atom is -1.00 e. The van der Waals surface area contributed by atoms with Crippen LogP contribution in [0.1, 0.15) is 0 Å². The molecule has 0 saturated heterocycles. The summed E-state index contributed by atoms with van der Waals surface area (Å²) in [6.07, 6.45) is 18.4. The fourth-order valence-corrected chi connectivity index (χ4v) is 10.1. The largest absolute Gasteiger partial charge is 1.00 e. The quantitative estimate of drug-likeness (QED) is 0.766. The zero-order chi connectivity index (χ0) is 11.5. The van der Waals surface area contributed by atoms with Gasteiger partial charge in [0.05, 0.1) is 0 Å². The summed E-state index contributed by atoms with van der Waals surface area (Å²) in [5.74, 6) is 0. The molecule has 0 aromatic heterocycles. The molecule has 0 unspecified atom stereocenters. The fraction of sp³-hybridized carbons (Fsp3) is 0.125. The van der Waals surface area contributed by atoms with E-state index in [0.717, 1.165) is 7.25 Å². The molecule has 3 rings (SSSR count). The van der Waals surface area contributed by atoms with Gasteiger partial charge in [-0.3, -0.25) is 0 Å². The summed E-state index contributed by atoms with van der Waals surface area (Å²) in [7, 11) is 0. The number of benzene rings is 1. The SMILES string of the molecule is C1=C[CH]([Zr+]([c]2ccccc2)[CH]2C=CC=C2)C=C1.[Cl-]. The molecule has 0 radical (unpaired) electrons. The van der Waals surface area contributed by atoms with E-state index in [-0.39, 0.29) is 12.4 Å². The van der Waals surface area contributed by atoms with Crippen molar-refractivity contribution < 1.29 is 34.2 Å². The van der Waals surface area contributed by atoms with Gasteiger partial charge in [-0.1, -0.05) is 0 Å². The molecule has 0 fully saturated rings. The molecule has 2 aliphatic carbocycles. The van der Waals surface area contributed by atoms with Gasteiger partial charge in [0.25, 0.3) is 0 Å². The smallest absolute Gasteiger partial charge is 1.00 e. The summed E-state index contributed by atoms with van der Waals surface area (Å²) in [4.78, 5) is 0. The molecule has 18 heavy (non-hydrogen) atoms. The predicted molar refractivity (Wildman–Crippen MR) is 70.1 cm³/mol. The van der Waals surface area contributed by atoms with Gasteiger partial charge < -0.3 is 12.4 Å². The second kappa shape index (κ2) is 6.50. The van der Waals surface area contributed by atoms with Crippen LogP contribution in [-0.2, 0) is 21.8 Å². The third kappa shape index (κ3) is 2.84. The fourth-order valence-electron chi connectivity index (χ4n) is 2.52. The van der Waals surface area contributed by atoms with Crippen molar-refractivity contribution in [2.24, 2.45) is 0 Å². The molecule has 0 saturated carbocycles. The molecule has 90 valence electrons. The topological polar surface area (TPSA) is 0 Å². The first-order valence-electron chi connectivity index (χ1n) is 6.07. The van der Waals surface area contributed by atoms with Crippen molar-refractivity contribution in [3.63, 3.8) is 0 Å². The van der Waals surface area contributed by atoms with Crippen molar-refractivity contribution in [1.29, 1.82) is 0 Å². The molecule has 0 spiro atoms. The minimum absolute atomic E-state index is 0. The average Bonchev–Trinajstić information content (AvgIpc) is 3.04. The van der Waals surface area contributed by atoms with Gasteiger partial charge in [-0.05, 0) is 0 Å². The van der Waals surface area contributed by atoms with Crippen LogP contribution in [0.4, 0.5) is 0 Å². The van der Waals surface area contributed by atoms with Crippen LogP contribution in [0.25, 0.3) is 0 Å². The second-order valence-corrected chi connectivity index (χ2v) is 11.3.